The van der Waals surface area contributed by atoms with Gasteiger partial charge in [0, 0.05) is 40.1 Å². The average molecular weight is 591 g/mol. The summed E-state index contributed by atoms with van der Waals surface area (Å²) in [5.74, 6) is -0.0321. The van der Waals surface area contributed by atoms with Crippen molar-refractivity contribution in [3.63, 3.8) is 0 Å². The number of halogens is 1. The van der Waals surface area contributed by atoms with Crippen molar-refractivity contribution in [1.29, 1.82) is 5.41 Å². The molecule has 14 heteroatoms. The molecule has 0 spiro atoms. The minimum absolute atomic E-state index is 0.0412. The Bertz CT molecular complexity index is 1480. The fourth-order valence-corrected chi connectivity index (χ4v) is 4.27. The largest absolute Gasteiger partial charge is 0.487 e. The van der Waals surface area contributed by atoms with Gasteiger partial charge < -0.3 is 30.9 Å². The second-order valence-electron chi connectivity index (χ2n) is 8.84. The van der Waals surface area contributed by atoms with E-state index in [0.717, 1.165) is 0 Å². The van der Waals surface area contributed by atoms with Gasteiger partial charge in [0.1, 0.15) is 12.4 Å². The van der Waals surface area contributed by atoms with Crippen molar-refractivity contribution in [3.05, 3.63) is 76.3 Å². The molecular weight excluding hydrogens is 560 g/mol. The van der Waals surface area contributed by atoms with E-state index in [2.05, 4.69) is 15.4 Å². The summed E-state index contributed by atoms with van der Waals surface area (Å²) in [5.41, 5.74) is 7.74. The molecule has 0 heterocycles. The maximum absolute atomic E-state index is 13.2. The van der Waals surface area contributed by atoms with Crippen molar-refractivity contribution >= 4 is 50.6 Å². The highest BCUT2D eigenvalue weighted by Gasteiger charge is 2.19. The number of anilines is 3. The fraction of sp³-hybridized carbons (Fsp3) is 0.231. The Morgan fingerprint density at radius 2 is 1.80 bits per heavy atom. The number of nitrogen functional groups attached to an aromatic ring is 1. The molecule has 0 aromatic heterocycles. The van der Waals surface area contributed by atoms with Gasteiger partial charge in [-0.25, -0.2) is 5.14 Å². The molecule has 3 rings (SSSR count). The number of nitrogens with two attached hydrogens (primary N) is 2. The molecule has 0 aliphatic rings. The Kier molecular flexibility index (Phi) is 10.2. The van der Waals surface area contributed by atoms with Crippen LogP contribution in [0.3, 0.4) is 0 Å². The molecule has 0 aliphatic heterocycles. The Morgan fingerprint density at radius 1 is 1.10 bits per heavy atom. The molecule has 0 unspecified atom stereocenters. The van der Waals surface area contributed by atoms with E-state index in [1.807, 2.05) is 0 Å². The van der Waals surface area contributed by atoms with Crippen LogP contribution in [0.1, 0.15) is 35.3 Å². The van der Waals surface area contributed by atoms with Crippen LogP contribution >= 0.6 is 11.6 Å². The lowest BCUT2D eigenvalue weighted by molar-refractivity contribution is 0.102. The van der Waals surface area contributed by atoms with Crippen LogP contribution < -0.4 is 35.7 Å². The van der Waals surface area contributed by atoms with Gasteiger partial charge in [-0.3, -0.25) is 14.9 Å². The molecule has 0 radical (unpaired) electrons. The number of amidine groups is 1. The van der Waals surface area contributed by atoms with Gasteiger partial charge in [-0.2, -0.15) is 8.42 Å². The van der Waals surface area contributed by atoms with Crippen LogP contribution in [0.4, 0.5) is 17.1 Å². The van der Waals surface area contributed by atoms with E-state index in [9.17, 15) is 18.3 Å². The van der Waals surface area contributed by atoms with Gasteiger partial charge in [-0.15, -0.1) is 0 Å². The standard InChI is InChI=1S/C26H31ClN6O6S/c1-15(2)39-23-13-20(33-40(30,36)37)11-17(24(23)38-10-9-34)14-31-22-8-5-18(27)12-21(22)26(35)32-19-6-3-16(4-7-19)25(28)29/h3-8,11-13,15,31,33-34H,9-10,14H2,1-2H3,(H3,28,29)(H,32,35)(H2,30,36,37). The number of ether oxygens (including phenoxy) is 2. The third-order valence-electron chi connectivity index (χ3n) is 5.24. The molecule has 12 nitrogen and oxygen atoms in total. The van der Waals surface area contributed by atoms with Crippen molar-refractivity contribution < 1.29 is 27.8 Å². The number of carbonyl (C=O) groups is 1. The number of aliphatic hydroxyl groups is 1. The third-order valence-corrected chi connectivity index (χ3v) is 6.00. The van der Waals surface area contributed by atoms with Crippen LogP contribution in [0.5, 0.6) is 11.5 Å². The van der Waals surface area contributed by atoms with Crippen molar-refractivity contribution in [1.82, 2.24) is 0 Å². The summed E-state index contributed by atoms with van der Waals surface area (Å²) in [4.78, 5) is 13.2. The summed E-state index contributed by atoms with van der Waals surface area (Å²) < 4.78 is 37.2. The first kappa shape index (κ1) is 30.5. The summed E-state index contributed by atoms with van der Waals surface area (Å²) in [6.07, 6.45) is -0.280. The van der Waals surface area contributed by atoms with Crippen LogP contribution in [0, 0.1) is 5.41 Å². The molecule has 0 saturated heterocycles. The summed E-state index contributed by atoms with van der Waals surface area (Å²) in [6.45, 7) is 3.34. The topological polar surface area (TPSA) is 202 Å². The number of hydrogen-bond acceptors (Lipinski definition) is 8. The fourth-order valence-electron chi connectivity index (χ4n) is 3.65. The van der Waals surface area contributed by atoms with E-state index < -0.39 is 16.1 Å². The lowest BCUT2D eigenvalue weighted by atomic mass is 10.1. The van der Waals surface area contributed by atoms with Crippen LogP contribution in [-0.2, 0) is 16.8 Å². The van der Waals surface area contributed by atoms with Crippen LogP contribution in [0.25, 0.3) is 0 Å². The molecule has 1 amide bonds. The maximum atomic E-state index is 13.2. The smallest absolute Gasteiger partial charge is 0.296 e. The lowest BCUT2D eigenvalue weighted by Crippen LogP contribution is -2.22. The van der Waals surface area contributed by atoms with Gasteiger partial charge in [0.2, 0.25) is 0 Å². The summed E-state index contributed by atoms with van der Waals surface area (Å²) in [6, 6.07) is 14.1. The molecule has 0 fully saturated rings. The number of rotatable bonds is 13. The minimum atomic E-state index is -4.09. The molecule has 3 aromatic rings. The maximum Gasteiger partial charge on any atom is 0.296 e. The molecule has 9 N–H and O–H groups in total. The van der Waals surface area contributed by atoms with E-state index in [0.29, 0.717) is 27.5 Å². The van der Waals surface area contributed by atoms with E-state index in [-0.39, 0.29) is 54.4 Å². The Morgan fingerprint density at radius 3 is 2.40 bits per heavy atom. The normalized spacial score (nSPS) is 11.2. The molecule has 0 atom stereocenters. The van der Waals surface area contributed by atoms with Crippen molar-refractivity contribution in [3.8, 4) is 11.5 Å². The van der Waals surface area contributed by atoms with Gasteiger partial charge in [0.25, 0.3) is 16.1 Å². The quantitative estimate of drug-likeness (QED) is 0.116. The number of benzene rings is 3. The van der Waals surface area contributed by atoms with E-state index in [1.165, 1.54) is 18.2 Å². The molecule has 0 bridgehead atoms. The number of carbonyl (C=O) groups excluding carboxylic acids is 1. The molecule has 0 saturated carbocycles. The predicted octanol–water partition coefficient (Wildman–Crippen LogP) is 3.26. The Labute approximate surface area is 237 Å². The first-order chi connectivity index (χ1) is 18.9. The van der Waals surface area contributed by atoms with Gasteiger partial charge in [0.05, 0.1) is 24.0 Å². The molecule has 3 aromatic carbocycles. The minimum Gasteiger partial charge on any atom is -0.487 e. The van der Waals surface area contributed by atoms with Crippen molar-refractivity contribution in [2.24, 2.45) is 10.9 Å². The third kappa shape index (κ3) is 8.74. The Balaban J connectivity index is 1.94. The Hall–Kier alpha value is -4.04. The summed E-state index contributed by atoms with van der Waals surface area (Å²) in [5, 5.41) is 28.3. The van der Waals surface area contributed by atoms with Crippen LogP contribution in [0.15, 0.2) is 54.6 Å². The predicted molar refractivity (Wildman–Crippen MR) is 156 cm³/mol. The van der Waals surface area contributed by atoms with Gasteiger partial charge >= 0.3 is 0 Å². The highest BCUT2D eigenvalue weighted by Crippen LogP contribution is 2.37. The zero-order chi connectivity index (χ0) is 29.4. The molecule has 0 aliphatic carbocycles. The van der Waals surface area contributed by atoms with Crippen LogP contribution in [0.2, 0.25) is 5.02 Å². The van der Waals surface area contributed by atoms with Gasteiger partial charge in [-0.1, -0.05) is 11.6 Å². The number of nitrogens with one attached hydrogen (secondary N) is 4. The van der Waals surface area contributed by atoms with Gasteiger partial charge in [-0.05, 0) is 62.4 Å². The van der Waals surface area contributed by atoms with Crippen LogP contribution in [-0.4, -0.2) is 44.6 Å². The second-order valence-corrected chi connectivity index (χ2v) is 10.6. The number of hydrogen-bond donors (Lipinski definition) is 7. The van der Waals surface area contributed by atoms with E-state index in [1.54, 1.807) is 50.2 Å². The monoisotopic (exact) mass is 590 g/mol. The SMILES string of the molecule is CC(C)Oc1cc(NS(N)(=O)=O)cc(CNc2ccc(Cl)cc2C(=O)Nc2ccc(C(=N)N)cc2)c1OCCO. The van der Waals surface area contributed by atoms with Crippen molar-refractivity contribution in [2.75, 3.05) is 28.6 Å². The van der Waals surface area contributed by atoms with E-state index >= 15 is 0 Å². The first-order valence-electron chi connectivity index (χ1n) is 12.0. The van der Waals surface area contributed by atoms with E-state index in [4.69, 9.17) is 37.4 Å². The number of aliphatic hydroxyl groups excluding tert-OH is 1. The molecular formula is C26H31ClN6O6S. The zero-order valence-corrected chi connectivity index (χ0v) is 23.4. The number of amides is 1. The highest BCUT2D eigenvalue weighted by molar-refractivity contribution is 7.90. The van der Waals surface area contributed by atoms with Crippen molar-refractivity contribution in [2.45, 2.75) is 26.5 Å². The first-order valence-corrected chi connectivity index (χ1v) is 14.0. The molecule has 40 heavy (non-hydrogen) atoms. The van der Waals surface area contributed by atoms with Gasteiger partial charge in [0.15, 0.2) is 11.5 Å². The summed E-state index contributed by atoms with van der Waals surface area (Å²) in [7, 11) is -4.09. The highest BCUT2D eigenvalue weighted by atomic mass is 35.5. The lowest BCUT2D eigenvalue weighted by Gasteiger charge is -2.21. The summed E-state index contributed by atoms with van der Waals surface area (Å²) >= 11 is 6.19. The molecule has 214 valence electrons. The second kappa shape index (κ2) is 13.3. The zero-order valence-electron chi connectivity index (χ0n) is 21.8. The average Bonchev–Trinajstić information content (AvgIpc) is 2.86.